The van der Waals surface area contributed by atoms with Gasteiger partial charge in [-0.15, -0.1) is 0 Å². The van der Waals surface area contributed by atoms with Crippen LogP contribution in [0.2, 0.25) is 0 Å². The molecule has 0 atom stereocenters. The molecule has 2 aromatic carbocycles. The molecule has 8 nitrogen and oxygen atoms in total. The summed E-state index contributed by atoms with van der Waals surface area (Å²) in [4.78, 5) is 16.3. The fraction of sp³-hybridized carbons (Fsp3) is 0.316. The van der Waals surface area contributed by atoms with Crippen LogP contribution in [0.3, 0.4) is 0 Å². The van der Waals surface area contributed by atoms with E-state index in [-0.39, 0.29) is 10.7 Å². The molecule has 0 unspecified atom stereocenters. The first-order valence-electron chi connectivity index (χ1n) is 9.00. The Hall–Kier alpha value is -2.62. The van der Waals surface area contributed by atoms with E-state index in [2.05, 4.69) is 9.80 Å². The van der Waals surface area contributed by atoms with Gasteiger partial charge in [0.15, 0.2) is 5.58 Å². The molecular formula is C19H22N4O4S. The van der Waals surface area contributed by atoms with Gasteiger partial charge >= 0.3 is 5.76 Å². The molecule has 2 heterocycles. The molecule has 3 aromatic rings. The van der Waals surface area contributed by atoms with Crippen molar-refractivity contribution < 1.29 is 12.8 Å². The Morgan fingerprint density at radius 2 is 1.71 bits per heavy atom. The first-order chi connectivity index (χ1) is 13.3. The quantitative estimate of drug-likeness (QED) is 0.701. The van der Waals surface area contributed by atoms with Crippen LogP contribution in [-0.2, 0) is 23.6 Å². The van der Waals surface area contributed by atoms with Gasteiger partial charge in [0.05, 0.1) is 10.4 Å². The van der Waals surface area contributed by atoms with Crippen LogP contribution < -0.4 is 15.8 Å². The standard InChI is InChI=1S/C19H22N4O4S/c1-21-17-7-2-14(12-18(17)27-19(21)24)13-22-8-10-23(11-9-22)15-3-5-16(6-4-15)28(20,25)26/h2-7,12H,8-11,13H2,1H3,(H2,20,25,26). The molecule has 0 saturated carbocycles. The van der Waals surface area contributed by atoms with Crippen LogP contribution in [0.4, 0.5) is 5.69 Å². The van der Waals surface area contributed by atoms with E-state index in [0.717, 1.165) is 49.5 Å². The second-order valence-electron chi connectivity index (χ2n) is 7.03. The van der Waals surface area contributed by atoms with Crippen molar-refractivity contribution in [3.8, 4) is 0 Å². The number of primary sulfonamides is 1. The minimum Gasteiger partial charge on any atom is -0.408 e. The van der Waals surface area contributed by atoms with Crippen molar-refractivity contribution in [2.75, 3.05) is 31.1 Å². The Kier molecular flexibility index (Phi) is 4.74. The van der Waals surface area contributed by atoms with Gasteiger partial charge in [-0.05, 0) is 42.0 Å². The zero-order chi connectivity index (χ0) is 19.9. The highest BCUT2D eigenvalue weighted by Crippen LogP contribution is 2.21. The number of hydrogen-bond acceptors (Lipinski definition) is 6. The fourth-order valence-electron chi connectivity index (χ4n) is 3.55. The summed E-state index contributed by atoms with van der Waals surface area (Å²) in [5.74, 6) is -0.353. The average molecular weight is 402 g/mol. The van der Waals surface area contributed by atoms with Crippen LogP contribution in [0.15, 0.2) is 56.6 Å². The van der Waals surface area contributed by atoms with Crippen molar-refractivity contribution in [1.29, 1.82) is 0 Å². The fourth-order valence-corrected chi connectivity index (χ4v) is 4.06. The SMILES string of the molecule is Cn1c(=O)oc2cc(CN3CCN(c4ccc(S(N)(=O)=O)cc4)CC3)ccc21. The molecular weight excluding hydrogens is 380 g/mol. The van der Waals surface area contributed by atoms with E-state index >= 15 is 0 Å². The molecule has 2 N–H and O–H groups in total. The second-order valence-corrected chi connectivity index (χ2v) is 8.59. The molecule has 9 heteroatoms. The lowest BCUT2D eigenvalue weighted by Crippen LogP contribution is -2.45. The summed E-state index contributed by atoms with van der Waals surface area (Å²) >= 11 is 0. The van der Waals surface area contributed by atoms with Gasteiger partial charge in [0.25, 0.3) is 0 Å². The molecule has 1 saturated heterocycles. The molecule has 1 fully saturated rings. The molecule has 0 amide bonds. The summed E-state index contributed by atoms with van der Waals surface area (Å²) in [6.07, 6.45) is 0. The number of piperazine rings is 1. The Labute approximate surface area is 162 Å². The van der Waals surface area contributed by atoms with Crippen LogP contribution in [0.25, 0.3) is 11.1 Å². The van der Waals surface area contributed by atoms with Crippen LogP contribution in [-0.4, -0.2) is 44.1 Å². The normalized spacial score (nSPS) is 16.0. The van der Waals surface area contributed by atoms with Crippen molar-refractivity contribution in [3.05, 3.63) is 58.6 Å². The Bertz CT molecular complexity index is 1160. The molecule has 1 aliphatic rings. The first kappa shape index (κ1) is 18.7. The lowest BCUT2D eigenvalue weighted by atomic mass is 10.1. The molecule has 1 aliphatic heterocycles. The van der Waals surface area contributed by atoms with Crippen molar-refractivity contribution in [2.45, 2.75) is 11.4 Å². The second kappa shape index (κ2) is 7.08. The number of nitrogens with zero attached hydrogens (tertiary/aromatic N) is 3. The van der Waals surface area contributed by atoms with E-state index in [0.29, 0.717) is 5.58 Å². The van der Waals surface area contributed by atoms with E-state index in [4.69, 9.17) is 9.56 Å². The molecule has 0 spiro atoms. The van der Waals surface area contributed by atoms with E-state index < -0.39 is 10.0 Å². The number of hydrogen-bond donors (Lipinski definition) is 1. The van der Waals surface area contributed by atoms with Gasteiger partial charge in [0, 0.05) is 45.5 Å². The Morgan fingerprint density at radius 1 is 1.04 bits per heavy atom. The number of benzene rings is 2. The van der Waals surface area contributed by atoms with Gasteiger partial charge in [-0.3, -0.25) is 9.47 Å². The summed E-state index contributed by atoms with van der Waals surface area (Å²) in [6.45, 7) is 4.24. The van der Waals surface area contributed by atoms with Crippen molar-refractivity contribution in [2.24, 2.45) is 12.2 Å². The van der Waals surface area contributed by atoms with E-state index in [1.165, 1.54) is 4.57 Å². The third kappa shape index (κ3) is 3.68. The highest BCUT2D eigenvalue weighted by molar-refractivity contribution is 7.89. The maximum Gasteiger partial charge on any atom is 0.419 e. The molecule has 1 aromatic heterocycles. The third-order valence-corrected chi connectivity index (χ3v) is 6.09. The van der Waals surface area contributed by atoms with E-state index in [1.54, 1.807) is 31.3 Å². The lowest BCUT2D eigenvalue weighted by Gasteiger charge is -2.36. The molecule has 0 bridgehead atoms. The van der Waals surface area contributed by atoms with Crippen LogP contribution >= 0.6 is 0 Å². The number of aryl methyl sites for hydroxylation is 1. The molecule has 0 radical (unpaired) electrons. The monoisotopic (exact) mass is 402 g/mol. The molecule has 148 valence electrons. The number of fused-ring (bicyclic) bond motifs is 1. The number of nitrogens with two attached hydrogens (primary N) is 1. The first-order valence-corrected chi connectivity index (χ1v) is 10.5. The summed E-state index contributed by atoms with van der Waals surface area (Å²) in [7, 11) is -1.97. The number of rotatable bonds is 4. The zero-order valence-electron chi connectivity index (χ0n) is 15.5. The van der Waals surface area contributed by atoms with Gasteiger partial charge < -0.3 is 9.32 Å². The van der Waals surface area contributed by atoms with Crippen LogP contribution in [0.5, 0.6) is 0 Å². The molecule has 0 aliphatic carbocycles. The number of aromatic nitrogens is 1. The number of oxazole rings is 1. The van der Waals surface area contributed by atoms with Crippen LogP contribution in [0.1, 0.15) is 5.56 Å². The number of anilines is 1. The van der Waals surface area contributed by atoms with Gasteiger partial charge in [-0.25, -0.2) is 18.4 Å². The topological polar surface area (TPSA) is 102 Å². The molecule has 4 rings (SSSR count). The highest BCUT2D eigenvalue weighted by Gasteiger charge is 2.18. The third-order valence-electron chi connectivity index (χ3n) is 5.17. The lowest BCUT2D eigenvalue weighted by molar-refractivity contribution is 0.250. The van der Waals surface area contributed by atoms with Crippen molar-refractivity contribution in [3.63, 3.8) is 0 Å². The van der Waals surface area contributed by atoms with Crippen molar-refractivity contribution in [1.82, 2.24) is 9.47 Å². The van der Waals surface area contributed by atoms with E-state index in [9.17, 15) is 13.2 Å². The van der Waals surface area contributed by atoms with E-state index in [1.807, 2.05) is 18.2 Å². The summed E-state index contributed by atoms with van der Waals surface area (Å²) in [5.41, 5.74) is 3.49. The Morgan fingerprint density at radius 3 is 2.36 bits per heavy atom. The minimum atomic E-state index is -3.67. The zero-order valence-corrected chi connectivity index (χ0v) is 16.4. The molecule has 28 heavy (non-hydrogen) atoms. The van der Waals surface area contributed by atoms with Gasteiger partial charge in [-0.1, -0.05) is 6.07 Å². The van der Waals surface area contributed by atoms with Crippen LogP contribution in [0, 0.1) is 0 Å². The predicted octanol–water partition coefficient (Wildman–Crippen LogP) is 1.10. The highest BCUT2D eigenvalue weighted by atomic mass is 32.2. The van der Waals surface area contributed by atoms with Gasteiger partial charge in [-0.2, -0.15) is 0 Å². The smallest absolute Gasteiger partial charge is 0.408 e. The van der Waals surface area contributed by atoms with Gasteiger partial charge in [0.2, 0.25) is 10.0 Å². The summed E-state index contributed by atoms with van der Waals surface area (Å²) in [6, 6.07) is 12.5. The minimum absolute atomic E-state index is 0.123. The maximum atomic E-state index is 11.6. The van der Waals surface area contributed by atoms with Crippen molar-refractivity contribution >= 4 is 26.8 Å². The maximum absolute atomic E-state index is 11.6. The van der Waals surface area contributed by atoms with Gasteiger partial charge in [0.1, 0.15) is 0 Å². The predicted molar refractivity (Wildman–Crippen MR) is 107 cm³/mol. The largest absolute Gasteiger partial charge is 0.419 e. The summed E-state index contributed by atoms with van der Waals surface area (Å²) in [5, 5.41) is 5.15. The summed E-state index contributed by atoms with van der Waals surface area (Å²) < 4.78 is 29.5. The Balaban J connectivity index is 1.39. The number of sulfonamides is 1. The average Bonchev–Trinajstić information content (AvgIpc) is 2.95.